The molecule has 5 aliphatic rings. The van der Waals surface area contributed by atoms with Crippen LogP contribution >= 0.6 is 0 Å². The van der Waals surface area contributed by atoms with Gasteiger partial charge in [-0.05, 0) is 56.8 Å². The summed E-state index contributed by atoms with van der Waals surface area (Å²) in [6.07, 6.45) is 6.66. The number of nitrogens with zero attached hydrogens (tertiary/aromatic N) is 1. The lowest BCUT2D eigenvalue weighted by molar-refractivity contribution is -0.142. The lowest BCUT2D eigenvalue weighted by Gasteiger charge is -2.40. The van der Waals surface area contributed by atoms with Crippen molar-refractivity contribution in [1.29, 1.82) is 0 Å². The van der Waals surface area contributed by atoms with Gasteiger partial charge in [0.05, 0.1) is 12.7 Å². The highest BCUT2D eigenvalue weighted by Crippen LogP contribution is 2.47. The number of morpholine rings is 1. The van der Waals surface area contributed by atoms with Gasteiger partial charge in [0, 0.05) is 19.1 Å². The summed E-state index contributed by atoms with van der Waals surface area (Å²) in [5, 5.41) is 3.37. The molecule has 3 saturated heterocycles. The van der Waals surface area contributed by atoms with Gasteiger partial charge in [0.1, 0.15) is 6.04 Å². The molecule has 5 fully saturated rings. The molecule has 0 spiro atoms. The molecule has 2 saturated carbocycles. The van der Waals surface area contributed by atoms with Crippen molar-refractivity contribution in [3.8, 4) is 0 Å². The van der Waals surface area contributed by atoms with E-state index in [-0.39, 0.29) is 12.1 Å². The second-order valence-corrected chi connectivity index (χ2v) is 7.43. The van der Waals surface area contributed by atoms with Crippen molar-refractivity contribution in [3.63, 3.8) is 0 Å². The quantitative estimate of drug-likeness (QED) is 0.788. The van der Waals surface area contributed by atoms with Crippen molar-refractivity contribution >= 4 is 5.91 Å². The lowest BCUT2D eigenvalue weighted by atomic mass is 9.68. The SMILES string of the molecule is C[C@H]1OCCN[C@@H]1C(=O)N1CC2CC3CC(C2)CC1C3. The van der Waals surface area contributed by atoms with E-state index >= 15 is 0 Å². The zero-order valence-electron chi connectivity index (χ0n) is 12.4. The third kappa shape index (κ3) is 2.17. The van der Waals surface area contributed by atoms with Crippen molar-refractivity contribution in [2.45, 2.75) is 57.2 Å². The van der Waals surface area contributed by atoms with Crippen LogP contribution in [0.15, 0.2) is 0 Å². The van der Waals surface area contributed by atoms with Gasteiger partial charge < -0.3 is 15.0 Å². The Hall–Kier alpha value is -0.610. The van der Waals surface area contributed by atoms with Gasteiger partial charge in [0.2, 0.25) is 5.91 Å². The number of carbonyl (C=O) groups excluding carboxylic acids is 1. The molecule has 1 N–H and O–H groups in total. The lowest BCUT2D eigenvalue weighted by Crippen LogP contribution is -2.58. The number of hydrogen-bond acceptors (Lipinski definition) is 3. The van der Waals surface area contributed by atoms with Crippen LogP contribution in [0.25, 0.3) is 0 Å². The Morgan fingerprint density at radius 1 is 1.10 bits per heavy atom. The van der Waals surface area contributed by atoms with Crippen molar-refractivity contribution in [1.82, 2.24) is 10.2 Å². The van der Waals surface area contributed by atoms with Crippen LogP contribution in [0.1, 0.15) is 39.0 Å². The first-order valence-electron chi connectivity index (χ1n) is 8.36. The first kappa shape index (κ1) is 13.1. The standard InChI is InChI=1S/C16H26N2O2/c1-10-15(17-2-3-20-10)16(19)18-9-13-5-11-4-12(6-13)8-14(18)7-11/h10-15,17H,2-9H2,1H3/t10-,11?,12?,13?,14?,15+/m1/s1. The fraction of sp³-hybridized carbons (Fsp3) is 0.938. The molecule has 20 heavy (non-hydrogen) atoms. The Morgan fingerprint density at radius 2 is 1.80 bits per heavy atom. The molecule has 4 bridgehead atoms. The topological polar surface area (TPSA) is 41.6 Å². The highest BCUT2D eigenvalue weighted by Gasteiger charge is 2.45. The van der Waals surface area contributed by atoms with Gasteiger partial charge in [-0.3, -0.25) is 4.79 Å². The molecule has 2 unspecified atom stereocenters. The molecule has 4 heteroatoms. The summed E-state index contributed by atoms with van der Waals surface area (Å²) >= 11 is 0. The van der Waals surface area contributed by atoms with E-state index in [0.717, 1.165) is 37.5 Å². The van der Waals surface area contributed by atoms with Crippen molar-refractivity contribution in [2.24, 2.45) is 17.8 Å². The summed E-state index contributed by atoms with van der Waals surface area (Å²) in [7, 11) is 0. The number of ether oxygens (including phenoxy) is 1. The average molecular weight is 278 g/mol. The van der Waals surface area contributed by atoms with E-state index in [9.17, 15) is 4.79 Å². The van der Waals surface area contributed by atoms with Crippen LogP contribution < -0.4 is 5.32 Å². The first-order chi connectivity index (χ1) is 9.70. The molecule has 0 aromatic carbocycles. The van der Waals surface area contributed by atoms with Gasteiger partial charge in [-0.25, -0.2) is 0 Å². The second kappa shape index (κ2) is 4.99. The number of nitrogens with one attached hydrogen (secondary N) is 1. The van der Waals surface area contributed by atoms with Crippen molar-refractivity contribution < 1.29 is 9.53 Å². The van der Waals surface area contributed by atoms with Gasteiger partial charge in [-0.2, -0.15) is 0 Å². The van der Waals surface area contributed by atoms with E-state index in [1.807, 2.05) is 6.92 Å². The molecule has 1 amide bonds. The predicted octanol–water partition coefficient (Wildman–Crippen LogP) is 1.40. The maximum atomic E-state index is 13.0. The van der Waals surface area contributed by atoms with Crippen LogP contribution in [0.3, 0.4) is 0 Å². The Balaban J connectivity index is 1.54. The van der Waals surface area contributed by atoms with E-state index < -0.39 is 0 Å². The molecule has 0 aromatic rings. The maximum Gasteiger partial charge on any atom is 0.242 e. The monoisotopic (exact) mass is 278 g/mol. The summed E-state index contributed by atoms with van der Waals surface area (Å²) in [4.78, 5) is 15.2. The van der Waals surface area contributed by atoms with Gasteiger partial charge in [0.25, 0.3) is 0 Å². The van der Waals surface area contributed by atoms with Crippen LogP contribution in [0.2, 0.25) is 0 Å². The number of amides is 1. The van der Waals surface area contributed by atoms with Crippen LogP contribution in [0.4, 0.5) is 0 Å². The van der Waals surface area contributed by atoms with Crippen LogP contribution in [0.5, 0.6) is 0 Å². The van der Waals surface area contributed by atoms with E-state index in [4.69, 9.17) is 4.74 Å². The second-order valence-electron chi connectivity index (χ2n) is 7.43. The van der Waals surface area contributed by atoms with E-state index in [1.165, 1.54) is 32.1 Å². The third-order valence-corrected chi connectivity index (χ3v) is 5.97. The van der Waals surface area contributed by atoms with Crippen LogP contribution in [0, 0.1) is 17.8 Å². The molecule has 3 heterocycles. The molecule has 3 aliphatic heterocycles. The molecule has 4 nitrogen and oxygen atoms in total. The van der Waals surface area contributed by atoms with Gasteiger partial charge in [-0.1, -0.05) is 0 Å². The number of hydrogen-bond donors (Lipinski definition) is 1. The molecule has 5 rings (SSSR count). The average Bonchev–Trinajstić information content (AvgIpc) is 2.62. The third-order valence-electron chi connectivity index (χ3n) is 5.97. The minimum atomic E-state index is -0.126. The minimum absolute atomic E-state index is 0.00823. The van der Waals surface area contributed by atoms with Crippen LogP contribution in [-0.2, 0) is 9.53 Å². The van der Waals surface area contributed by atoms with Crippen molar-refractivity contribution in [2.75, 3.05) is 19.7 Å². The molecule has 0 radical (unpaired) electrons. The van der Waals surface area contributed by atoms with Crippen molar-refractivity contribution in [3.05, 3.63) is 0 Å². The van der Waals surface area contributed by atoms with E-state index in [2.05, 4.69) is 10.2 Å². The zero-order valence-corrected chi connectivity index (χ0v) is 12.4. The van der Waals surface area contributed by atoms with Gasteiger partial charge in [0.15, 0.2) is 0 Å². The van der Waals surface area contributed by atoms with Crippen LogP contribution in [-0.4, -0.2) is 48.7 Å². The molecular formula is C16H26N2O2. The highest BCUT2D eigenvalue weighted by atomic mass is 16.5. The maximum absolute atomic E-state index is 13.0. The van der Waals surface area contributed by atoms with E-state index in [1.54, 1.807) is 0 Å². The fourth-order valence-electron chi connectivity index (χ4n) is 5.24. The predicted molar refractivity (Wildman–Crippen MR) is 76.3 cm³/mol. The Labute approximate surface area is 121 Å². The minimum Gasteiger partial charge on any atom is -0.375 e. The fourth-order valence-corrected chi connectivity index (χ4v) is 5.24. The Bertz CT molecular complexity index is 386. The van der Waals surface area contributed by atoms with Gasteiger partial charge >= 0.3 is 0 Å². The Kier molecular flexibility index (Phi) is 3.26. The Morgan fingerprint density at radius 3 is 2.50 bits per heavy atom. The molecule has 2 aliphatic carbocycles. The van der Waals surface area contributed by atoms with Gasteiger partial charge in [-0.15, -0.1) is 0 Å². The molecule has 112 valence electrons. The smallest absolute Gasteiger partial charge is 0.242 e. The zero-order chi connectivity index (χ0) is 13.7. The number of fused-ring (bicyclic) bond motifs is 1. The highest BCUT2D eigenvalue weighted by molar-refractivity contribution is 5.83. The summed E-state index contributed by atoms with van der Waals surface area (Å²) in [5.74, 6) is 2.84. The molecular weight excluding hydrogens is 252 g/mol. The normalized spacial score (nSPS) is 47.4. The summed E-state index contributed by atoms with van der Waals surface area (Å²) < 4.78 is 5.66. The largest absolute Gasteiger partial charge is 0.375 e. The first-order valence-corrected chi connectivity index (χ1v) is 8.36. The number of carbonyl (C=O) groups is 1. The summed E-state index contributed by atoms with van der Waals surface area (Å²) in [6.45, 7) is 4.55. The molecule has 4 atom stereocenters. The molecule has 0 aromatic heterocycles. The summed E-state index contributed by atoms with van der Waals surface area (Å²) in [5.41, 5.74) is 0. The summed E-state index contributed by atoms with van der Waals surface area (Å²) in [6, 6.07) is 0.383. The van der Waals surface area contributed by atoms with E-state index in [0.29, 0.717) is 11.9 Å². The number of rotatable bonds is 1.